The molecule has 0 aliphatic carbocycles. The maximum Gasteiger partial charge on any atom is 0.164 e. The first-order valence-corrected chi connectivity index (χ1v) is 4.84. The predicted octanol–water partition coefficient (Wildman–Crippen LogP) is 1.88. The predicted molar refractivity (Wildman–Crippen MR) is 51.8 cm³/mol. The number of ketones is 1. The van der Waals surface area contributed by atoms with E-state index < -0.39 is 0 Å². The van der Waals surface area contributed by atoms with Crippen LogP contribution in [-0.2, 0) is 0 Å². The fraction of sp³-hybridized carbons (Fsp3) is 0.444. The third-order valence-electron chi connectivity index (χ3n) is 1.63. The minimum absolute atomic E-state index is 0.241. The van der Waals surface area contributed by atoms with Crippen LogP contribution in [0.5, 0.6) is 0 Å². The molecule has 0 unspecified atom stereocenters. The number of rotatable bonds is 4. The van der Waals surface area contributed by atoms with Gasteiger partial charge in [-0.25, -0.2) is 0 Å². The van der Waals surface area contributed by atoms with Gasteiger partial charge in [-0.05, 0) is 25.5 Å². The molecular formula is C9H13NOS. The number of carbonyl (C=O) groups is 1. The van der Waals surface area contributed by atoms with Gasteiger partial charge in [-0.3, -0.25) is 4.79 Å². The number of hydrogen-bond donors (Lipinski definition) is 0. The Balaban J connectivity index is 2.40. The second-order valence-corrected chi connectivity index (χ2v) is 3.77. The van der Waals surface area contributed by atoms with Crippen LogP contribution in [-0.4, -0.2) is 31.3 Å². The zero-order chi connectivity index (χ0) is 8.97. The van der Waals surface area contributed by atoms with Crippen LogP contribution in [0.3, 0.4) is 0 Å². The lowest BCUT2D eigenvalue weighted by atomic mass is 10.1. The summed E-state index contributed by atoms with van der Waals surface area (Å²) in [6.45, 7) is 0.828. The molecule has 12 heavy (non-hydrogen) atoms. The fourth-order valence-corrected chi connectivity index (χ4v) is 1.55. The van der Waals surface area contributed by atoms with Gasteiger partial charge in [0.25, 0.3) is 0 Å². The number of thiophene rings is 1. The first-order chi connectivity index (χ1) is 5.70. The Kier molecular flexibility index (Phi) is 3.44. The van der Waals surface area contributed by atoms with E-state index in [4.69, 9.17) is 0 Å². The van der Waals surface area contributed by atoms with Gasteiger partial charge in [-0.2, -0.15) is 11.3 Å². The molecule has 1 aromatic rings. The lowest BCUT2D eigenvalue weighted by molar-refractivity contribution is 0.0973. The summed E-state index contributed by atoms with van der Waals surface area (Å²) in [7, 11) is 3.95. The van der Waals surface area contributed by atoms with Crippen molar-refractivity contribution in [3.8, 4) is 0 Å². The quantitative estimate of drug-likeness (QED) is 0.664. The molecule has 0 aliphatic rings. The second kappa shape index (κ2) is 4.38. The number of Topliss-reactive ketones (excluding diaryl/α,β-unsaturated/α-hetero) is 1. The molecule has 0 amide bonds. The van der Waals surface area contributed by atoms with Crippen LogP contribution in [0.25, 0.3) is 0 Å². The van der Waals surface area contributed by atoms with Crippen molar-refractivity contribution >= 4 is 17.1 Å². The topological polar surface area (TPSA) is 20.3 Å². The van der Waals surface area contributed by atoms with E-state index in [2.05, 4.69) is 0 Å². The monoisotopic (exact) mass is 183 g/mol. The number of hydrogen-bond acceptors (Lipinski definition) is 3. The summed E-state index contributed by atoms with van der Waals surface area (Å²) in [6, 6.07) is 1.88. The van der Waals surface area contributed by atoms with Crippen molar-refractivity contribution in [2.24, 2.45) is 0 Å². The number of carbonyl (C=O) groups excluding carboxylic acids is 1. The highest BCUT2D eigenvalue weighted by atomic mass is 32.1. The Morgan fingerprint density at radius 2 is 2.33 bits per heavy atom. The highest BCUT2D eigenvalue weighted by molar-refractivity contribution is 7.08. The molecule has 0 spiro atoms. The van der Waals surface area contributed by atoms with Gasteiger partial charge in [0.2, 0.25) is 0 Å². The van der Waals surface area contributed by atoms with Crippen LogP contribution in [0.1, 0.15) is 16.8 Å². The van der Waals surface area contributed by atoms with Crippen LogP contribution >= 0.6 is 11.3 Å². The van der Waals surface area contributed by atoms with Crippen LogP contribution in [0.15, 0.2) is 16.8 Å². The minimum atomic E-state index is 0.241. The van der Waals surface area contributed by atoms with Crippen molar-refractivity contribution in [1.29, 1.82) is 0 Å². The summed E-state index contributed by atoms with van der Waals surface area (Å²) >= 11 is 1.57. The Bertz CT molecular complexity index is 241. The smallest absolute Gasteiger partial charge is 0.164 e. The molecule has 0 fully saturated rings. The van der Waals surface area contributed by atoms with Crippen molar-refractivity contribution in [3.63, 3.8) is 0 Å². The fourth-order valence-electron chi connectivity index (χ4n) is 0.893. The zero-order valence-corrected chi connectivity index (χ0v) is 8.23. The van der Waals surface area contributed by atoms with Crippen molar-refractivity contribution in [2.45, 2.75) is 6.42 Å². The van der Waals surface area contributed by atoms with E-state index in [9.17, 15) is 4.79 Å². The maximum atomic E-state index is 11.4. The van der Waals surface area contributed by atoms with Gasteiger partial charge < -0.3 is 4.90 Å². The van der Waals surface area contributed by atoms with E-state index >= 15 is 0 Å². The van der Waals surface area contributed by atoms with Gasteiger partial charge in [0.15, 0.2) is 5.78 Å². The third kappa shape index (κ3) is 2.75. The molecule has 3 heteroatoms. The molecule has 1 heterocycles. The summed E-state index contributed by atoms with van der Waals surface area (Å²) in [4.78, 5) is 13.4. The summed E-state index contributed by atoms with van der Waals surface area (Å²) < 4.78 is 0. The van der Waals surface area contributed by atoms with E-state index in [0.717, 1.165) is 12.1 Å². The highest BCUT2D eigenvalue weighted by Crippen LogP contribution is 2.08. The normalized spacial score (nSPS) is 10.6. The Morgan fingerprint density at radius 1 is 1.58 bits per heavy atom. The molecule has 0 bridgehead atoms. The molecule has 0 atom stereocenters. The molecule has 0 saturated carbocycles. The van der Waals surface area contributed by atoms with Gasteiger partial charge in [-0.15, -0.1) is 0 Å². The van der Waals surface area contributed by atoms with Crippen molar-refractivity contribution in [3.05, 3.63) is 22.4 Å². The summed E-state index contributed by atoms with van der Waals surface area (Å²) in [5.41, 5.74) is 0.849. The Labute approximate surface area is 76.8 Å². The van der Waals surface area contributed by atoms with Crippen LogP contribution in [0.4, 0.5) is 0 Å². The maximum absolute atomic E-state index is 11.4. The average Bonchev–Trinajstić information content (AvgIpc) is 2.51. The average molecular weight is 183 g/mol. The summed E-state index contributed by atoms with van der Waals surface area (Å²) in [5.74, 6) is 0.241. The highest BCUT2D eigenvalue weighted by Gasteiger charge is 2.05. The lowest BCUT2D eigenvalue weighted by Crippen LogP contribution is -2.16. The second-order valence-electron chi connectivity index (χ2n) is 2.99. The van der Waals surface area contributed by atoms with Crippen LogP contribution in [0, 0.1) is 0 Å². The molecule has 1 rings (SSSR count). The van der Waals surface area contributed by atoms with Crippen molar-refractivity contribution in [2.75, 3.05) is 20.6 Å². The standard InChI is InChI=1S/C9H13NOS/c1-10(2)5-3-9(11)8-4-6-12-7-8/h4,6-7H,3,5H2,1-2H3. The van der Waals surface area contributed by atoms with E-state index in [-0.39, 0.29) is 5.78 Å². The lowest BCUT2D eigenvalue weighted by Gasteiger charge is -2.06. The number of nitrogens with zero attached hydrogens (tertiary/aromatic N) is 1. The molecule has 0 saturated heterocycles. The van der Waals surface area contributed by atoms with Gasteiger partial charge in [-0.1, -0.05) is 0 Å². The zero-order valence-electron chi connectivity index (χ0n) is 7.41. The summed E-state index contributed by atoms with van der Waals surface area (Å²) in [5, 5.41) is 3.83. The SMILES string of the molecule is CN(C)CCC(=O)c1ccsc1. The molecule has 2 nitrogen and oxygen atoms in total. The van der Waals surface area contributed by atoms with E-state index in [1.165, 1.54) is 0 Å². The van der Waals surface area contributed by atoms with E-state index in [1.54, 1.807) is 11.3 Å². The van der Waals surface area contributed by atoms with Crippen LogP contribution in [0.2, 0.25) is 0 Å². The van der Waals surface area contributed by atoms with Crippen LogP contribution < -0.4 is 0 Å². The molecule has 0 N–H and O–H groups in total. The van der Waals surface area contributed by atoms with E-state index in [0.29, 0.717) is 6.42 Å². The van der Waals surface area contributed by atoms with E-state index in [1.807, 2.05) is 35.8 Å². The Morgan fingerprint density at radius 3 is 2.83 bits per heavy atom. The first kappa shape index (κ1) is 9.42. The largest absolute Gasteiger partial charge is 0.309 e. The third-order valence-corrected chi connectivity index (χ3v) is 2.31. The van der Waals surface area contributed by atoms with Gasteiger partial charge in [0, 0.05) is 23.9 Å². The van der Waals surface area contributed by atoms with Gasteiger partial charge in [0.1, 0.15) is 0 Å². The molecule has 1 aromatic heterocycles. The van der Waals surface area contributed by atoms with Crippen molar-refractivity contribution < 1.29 is 4.79 Å². The molecule has 0 aliphatic heterocycles. The molecule has 0 aromatic carbocycles. The minimum Gasteiger partial charge on any atom is -0.309 e. The van der Waals surface area contributed by atoms with Crippen molar-refractivity contribution in [1.82, 2.24) is 4.90 Å². The summed E-state index contributed by atoms with van der Waals surface area (Å²) in [6.07, 6.45) is 0.615. The Hall–Kier alpha value is -0.670. The van der Waals surface area contributed by atoms with Gasteiger partial charge in [0.05, 0.1) is 0 Å². The molecule has 66 valence electrons. The first-order valence-electron chi connectivity index (χ1n) is 3.90. The molecular weight excluding hydrogens is 170 g/mol. The van der Waals surface area contributed by atoms with Gasteiger partial charge >= 0.3 is 0 Å². The molecule has 0 radical (unpaired) electrons.